The normalized spacial score (nSPS) is 10.5. The number of hydrogen-bond acceptors (Lipinski definition) is 5. The van der Waals surface area contributed by atoms with Crippen molar-refractivity contribution in [1.29, 1.82) is 0 Å². The largest absolute Gasteiger partial charge is 0.478 e. The van der Waals surface area contributed by atoms with Crippen molar-refractivity contribution in [3.63, 3.8) is 0 Å². The first-order valence-electron chi connectivity index (χ1n) is 7.84. The Morgan fingerprint density at radius 3 is 1.89 bits per heavy atom. The number of aromatic amines is 1. The molecule has 0 saturated heterocycles. The van der Waals surface area contributed by atoms with E-state index < -0.39 is 34.4 Å². The molecule has 0 radical (unpaired) electrons. The first-order chi connectivity index (χ1) is 13.3. The molecule has 0 aliphatic carbocycles. The van der Waals surface area contributed by atoms with Gasteiger partial charge in [-0.25, -0.2) is 9.59 Å². The van der Waals surface area contributed by atoms with Gasteiger partial charge < -0.3 is 25.7 Å². The van der Waals surface area contributed by atoms with Crippen LogP contribution in [0.4, 0.5) is 5.82 Å². The van der Waals surface area contributed by atoms with E-state index >= 15 is 0 Å². The molecule has 3 aromatic rings. The van der Waals surface area contributed by atoms with Crippen molar-refractivity contribution in [2.45, 2.75) is 0 Å². The predicted octanol–water partition coefficient (Wildman–Crippen LogP) is 3.47. The number of benzene rings is 2. The van der Waals surface area contributed by atoms with Crippen LogP contribution in [-0.4, -0.2) is 27.1 Å². The molecular weight excluding hydrogens is 388 g/mol. The maximum Gasteiger partial charge on any atom is 0.342 e. The quantitative estimate of drug-likeness (QED) is 0.513. The Hall–Kier alpha value is -3.78. The fourth-order valence-electron chi connectivity index (χ4n) is 2.66. The predicted molar refractivity (Wildman–Crippen MR) is 102 cm³/mol. The van der Waals surface area contributed by atoms with Gasteiger partial charge in [0.15, 0.2) is 0 Å². The Labute approximate surface area is 162 Å². The molecule has 0 saturated carbocycles. The number of H-pyrrole nitrogens is 1. The van der Waals surface area contributed by atoms with Gasteiger partial charge in [0.25, 0.3) is 5.56 Å². The highest BCUT2D eigenvalue weighted by molar-refractivity contribution is 6.30. The van der Waals surface area contributed by atoms with Crippen molar-refractivity contribution >= 4 is 29.4 Å². The fourth-order valence-corrected chi connectivity index (χ4v) is 2.79. The van der Waals surface area contributed by atoms with Crippen LogP contribution in [0.5, 0.6) is 11.5 Å². The molecule has 0 aliphatic rings. The number of nitrogens with two attached hydrogens (primary N) is 1. The van der Waals surface area contributed by atoms with Crippen LogP contribution in [0.25, 0.3) is 11.1 Å². The minimum Gasteiger partial charge on any atom is -0.478 e. The van der Waals surface area contributed by atoms with Gasteiger partial charge in [0.05, 0.1) is 0 Å². The van der Waals surface area contributed by atoms with E-state index in [-0.39, 0.29) is 11.1 Å². The minimum absolute atomic E-state index is 0.191. The molecule has 8 nitrogen and oxygen atoms in total. The van der Waals surface area contributed by atoms with Crippen molar-refractivity contribution in [2.75, 3.05) is 5.73 Å². The van der Waals surface area contributed by atoms with E-state index in [0.29, 0.717) is 16.5 Å². The number of nitrogen functional groups attached to an aromatic ring is 1. The van der Waals surface area contributed by atoms with E-state index in [9.17, 15) is 24.6 Å². The number of rotatable bonds is 5. The molecule has 142 valence electrons. The van der Waals surface area contributed by atoms with E-state index in [1.807, 2.05) is 0 Å². The van der Waals surface area contributed by atoms with Crippen LogP contribution in [0.15, 0.2) is 53.3 Å². The Bertz CT molecular complexity index is 1120. The lowest BCUT2D eigenvalue weighted by atomic mass is 9.95. The lowest BCUT2D eigenvalue weighted by Gasteiger charge is -2.13. The number of carboxylic acids is 2. The zero-order valence-corrected chi connectivity index (χ0v) is 14.9. The number of carboxylic acid groups (broad SMARTS) is 2. The number of anilines is 1. The molecule has 1 heterocycles. The summed E-state index contributed by atoms with van der Waals surface area (Å²) in [6.45, 7) is 0. The number of ether oxygens (including phenoxy) is 1. The molecule has 0 atom stereocenters. The van der Waals surface area contributed by atoms with Gasteiger partial charge in [0.2, 0.25) is 0 Å². The summed E-state index contributed by atoms with van der Waals surface area (Å²) >= 11 is 5.82. The third kappa shape index (κ3) is 3.67. The second kappa shape index (κ2) is 7.45. The summed E-state index contributed by atoms with van der Waals surface area (Å²) in [4.78, 5) is 37.3. The third-order valence-electron chi connectivity index (χ3n) is 3.86. The smallest absolute Gasteiger partial charge is 0.342 e. The van der Waals surface area contributed by atoms with Crippen LogP contribution < -0.4 is 16.0 Å². The van der Waals surface area contributed by atoms with Crippen LogP contribution in [0.3, 0.4) is 0 Å². The van der Waals surface area contributed by atoms with Crippen molar-refractivity contribution < 1.29 is 24.5 Å². The summed E-state index contributed by atoms with van der Waals surface area (Å²) in [5.41, 5.74) is 3.32. The van der Waals surface area contributed by atoms with Gasteiger partial charge in [-0.1, -0.05) is 23.7 Å². The Balaban J connectivity index is 2.08. The monoisotopic (exact) mass is 400 g/mol. The topological polar surface area (TPSA) is 143 Å². The Morgan fingerprint density at radius 1 is 0.893 bits per heavy atom. The third-order valence-corrected chi connectivity index (χ3v) is 4.12. The molecule has 0 bridgehead atoms. The zero-order chi connectivity index (χ0) is 20.4. The summed E-state index contributed by atoms with van der Waals surface area (Å²) in [5.74, 6) is -2.53. The van der Waals surface area contributed by atoms with E-state index in [1.165, 1.54) is 24.3 Å². The van der Waals surface area contributed by atoms with Gasteiger partial charge in [-0.15, -0.1) is 0 Å². The molecular formula is C19H13ClN2O6. The van der Waals surface area contributed by atoms with E-state index in [4.69, 9.17) is 22.1 Å². The van der Waals surface area contributed by atoms with Crippen molar-refractivity contribution in [3.05, 3.63) is 75.0 Å². The number of hydrogen-bond donors (Lipinski definition) is 4. The Kier molecular flexibility index (Phi) is 5.06. The first kappa shape index (κ1) is 19.0. The summed E-state index contributed by atoms with van der Waals surface area (Å²) in [5, 5.41) is 19.4. The van der Waals surface area contributed by atoms with Crippen LogP contribution in [-0.2, 0) is 0 Å². The number of carbonyl (C=O) groups is 2. The van der Waals surface area contributed by atoms with Gasteiger partial charge in [-0.3, -0.25) is 4.79 Å². The lowest BCUT2D eigenvalue weighted by molar-refractivity contribution is 0.0695. The van der Waals surface area contributed by atoms with Crippen LogP contribution in [0.1, 0.15) is 20.7 Å². The van der Waals surface area contributed by atoms with Gasteiger partial charge in [0.1, 0.15) is 28.4 Å². The number of halogens is 1. The van der Waals surface area contributed by atoms with Crippen LogP contribution in [0, 0.1) is 0 Å². The van der Waals surface area contributed by atoms with Crippen LogP contribution in [0.2, 0.25) is 5.02 Å². The van der Waals surface area contributed by atoms with Crippen molar-refractivity contribution in [2.24, 2.45) is 0 Å². The van der Waals surface area contributed by atoms with Crippen molar-refractivity contribution in [3.8, 4) is 22.6 Å². The SMILES string of the molecule is Nc1[nH]c(=O)c(C(=O)O)c(-c2ccc(Oc3ccc(Cl)cc3)cc2)c1C(=O)O. The second-order valence-corrected chi connectivity index (χ2v) is 6.12. The fraction of sp³-hybridized carbons (Fsp3) is 0. The molecule has 1 aromatic heterocycles. The molecule has 0 aliphatic heterocycles. The number of aromatic nitrogens is 1. The summed E-state index contributed by atoms with van der Waals surface area (Å²) < 4.78 is 5.64. The highest BCUT2D eigenvalue weighted by Crippen LogP contribution is 2.31. The minimum atomic E-state index is -1.57. The molecule has 2 aromatic carbocycles. The average Bonchev–Trinajstić information content (AvgIpc) is 2.63. The van der Waals surface area contributed by atoms with E-state index in [1.54, 1.807) is 24.3 Å². The standard InChI is InChI=1S/C19H13ClN2O6/c20-10-3-7-12(8-4-10)28-11-5-1-9(2-6-11)13-14(18(24)25)16(21)22-17(23)15(13)19(26)27/h1-8H,(H,24,25)(H,26,27)(H3,21,22,23). The maximum absolute atomic E-state index is 12.0. The molecule has 5 N–H and O–H groups in total. The van der Waals surface area contributed by atoms with Gasteiger partial charge in [-0.2, -0.15) is 0 Å². The lowest BCUT2D eigenvalue weighted by Crippen LogP contribution is -2.24. The van der Waals surface area contributed by atoms with E-state index in [0.717, 1.165) is 0 Å². The Morgan fingerprint density at radius 2 is 1.39 bits per heavy atom. The highest BCUT2D eigenvalue weighted by atomic mass is 35.5. The summed E-state index contributed by atoms with van der Waals surface area (Å²) in [6, 6.07) is 12.6. The van der Waals surface area contributed by atoms with E-state index in [2.05, 4.69) is 4.98 Å². The number of aromatic carboxylic acids is 2. The molecule has 0 amide bonds. The average molecular weight is 401 g/mol. The van der Waals surface area contributed by atoms with Crippen LogP contribution >= 0.6 is 11.6 Å². The van der Waals surface area contributed by atoms with Gasteiger partial charge in [-0.05, 0) is 42.0 Å². The molecule has 0 unspecified atom stereocenters. The molecule has 0 fully saturated rings. The van der Waals surface area contributed by atoms with Gasteiger partial charge in [0, 0.05) is 10.6 Å². The maximum atomic E-state index is 12.0. The summed E-state index contributed by atoms with van der Waals surface area (Å²) in [6.07, 6.45) is 0. The first-order valence-corrected chi connectivity index (χ1v) is 8.22. The van der Waals surface area contributed by atoms with Crippen molar-refractivity contribution in [1.82, 2.24) is 4.98 Å². The van der Waals surface area contributed by atoms with Gasteiger partial charge >= 0.3 is 11.9 Å². The second-order valence-electron chi connectivity index (χ2n) is 5.68. The molecule has 28 heavy (non-hydrogen) atoms. The summed E-state index contributed by atoms with van der Waals surface area (Å²) in [7, 11) is 0. The number of nitrogens with one attached hydrogen (secondary N) is 1. The highest BCUT2D eigenvalue weighted by Gasteiger charge is 2.26. The molecule has 9 heteroatoms. The molecule has 0 spiro atoms. The molecule has 3 rings (SSSR count). The number of pyridine rings is 1. The zero-order valence-electron chi connectivity index (χ0n) is 14.1.